The third kappa shape index (κ3) is 4.91. The molecular weight excluding hydrogens is 292 g/mol. The topological polar surface area (TPSA) is 55.9 Å². The summed E-state index contributed by atoms with van der Waals surface area (Å²) in [4.78, 5) is 30.8. The molecule has 0 aromatic rings. The van der Waals surface area contributed by atoms with Gasteiger partial charge in [0.15, 0.2) is 0 Å². The highest BCUT2D eigenvalue weighted by Gasteiger charge is 2.25. The van der Waals surface area contributed by atoms with Crippen LogP contribution < -0.4 is 5.32 Å². The second kappa shape index (κ2) is 8.11. The molecule has 3 fully saturated rings. The van der Waals surface area contributed by atoms with E-state index >= 15 is 0 Å². The quantitative estimate of drug-likeness (QED) is 0.790. The van der Waals surface area contributed by atoms with Crippen LogP contribution in [0.3, 0.4) is 0 Å². The minimum Gasteiger partial charge on any atom is -0.352 e. The molecule has 0 radical (unpaired) electrons. The predicted molar refractivity (Wildman–Crippen MR) is 89.1 cm³/mol. The Morgan fingerprint density at radius 1 is 0.783 bits per heavy atom. The molecule has 0 spiro atoms. The van der Waals surface area contributed by atoms with Crippen molar-refractivity contribution in [3.8, 4) is 0 Å². The van der Waals surface area contributed by atoms with Gasteiger partial charge in [0, 0.05) is 32.2 Å². The molecule has 6 nitrogen and oxygen atoms in total. The predicted octanol–water partition coefficient (Wildman–Crippen LogP) is 0.285. The number of carbonyl (C=O) groups is 2. The number of rotatable bonds is 5. The number of piperazine rings is 1. The van der Waals surface area contributed by atoms with Gasteiger partial charge in [-0.25, -0.2) is 0 Å². The Balaban J connectivity index is 1.34. The summed E-state index contributed by atoms with van der Waals surface area (Å²) in [6, 6.07) is 0.394. The van der Waals surface area contributed by atoms with Gasteiger partial charge >= 0.3 is 0 Å². The number of hydrogen-bond acceptors (Lipinski definition) is 4. The van der Waals surface area contributed by atoms with Gasteiger partial charge in [-0.3, -0.25) is 19.4 Å². The highest BCUT2D eigenvalue weighted by atomic mass is 16.2. The highest BCUT2D eigenvalue weighted by molar-refractivity contribution is 5.79. The molecule has 6 heteroatoms. The fourth-order valence-electron chi connectivity index (χ4n) is 3.93. The van der Waals surface area contributed by atoms with E-state index in [0.717, 1.165) is 52.1 Å². The van der Waals surface area contributed by atoms with Gasteiger partial charge in [-0.1, -0.05) is 12.8 Å². The number of nitrogens with one attached hydrogen (secondary N) is 1. The van der Waals surface area contributed by atoms with Crippen molar-refractivity contribution in [1.29, 1.82) is 0 Å². The summed E-state index contributed by atoms with van der Waals surface area (Å²) in [5.74, 6) is 0.399. The average Bonchev–Trinajstić information content (AvgIpc) is 3.21. The number of nitrogens with zero attached hydrogens (tertiary/aromatic N) is 3. The first-order valence-corrected chi connectivity index (χ1v) is 9.22. The van der Waals surface area contributed by atoms with Gasteiger partial charge in [0.1, 0.15) is 0 Å². The Hall–Kier alpha value is -1.14. The van der Waals surface area contributed by atoms with Crippen LogP contribution in [0.4, 0.5) is 0 Å². The van der Waals surface area contributed by atoms with Crippen molar-refractivity contribution in [2.45, 2.75) is 44.6 Å². The third-order valence-electron chi connectivity index (χ3n) is 5.37. The molecule has 130 valence electrons. The molecule has 3 aliphatic rings. The van der Waals surface area contributed by atoms with Crippen molar-refractivity contribution in [2.75, 3.05) is 52.4 Å². The summed E-state index contributed by atoms with van der Waals surface area (Å²) in [7, 11) is 0. The zero-order chi connectivity index (χ0) is 16.1. The van der Waals surface area contributed by atoms with Crippen molar-refractivity contribution in [2.24, 2.45) is 0 Å². The van der Waals surface area contributed by atoms with E-state index in [2.05, 4.69) is 15.1 Å². The van der Waals surface area contributed by atoms with Crippen molar-refractivity contribution in [1.82, 2.24) is 20.0 Å². The molecule has 0 aromatic carbocycles. The van der Waals surface area contributed by atoms with Gasteiger partial charge < -0.3 is 10.2 Å². The van der Waals surface area contributed by atoms with E-state index in [9.17, 15) is 9.59 Å². The first-order valence-electron chi connectivity index (χ1n) is 9.22. The maximum atomic E-state index is 12.3. The Bertz CT molecular complexity index is 409. The number of likely N-dealkylation sites (tertiary alicyclic amines) is 1. The van der Waals surface area contributed by atoms with Gasteiger partial charge in [0.05, 0.1) is 13.1 Å². The first-order chi connectivity index (χ1) is 11.2. The van der Waals surface area contributed by atoms with Crippen LogP contribution in [0.2, 0.25) is 0 Å². The number of hydrogen-bond donors (Lipinski definition) is 1. The molecule has 3 rings (SSSR count). The standard InChI is InChI=1S/C17H30N4O2/c22-16(18-15-5-1-2-6-15)13-20-9-11-21(12-10-20)17(23)14-19-7-3-4-8-19/h15H,1-14H2,(H,18,22). The smallest absolute Gasteiger partial charge is 0.236 e. The molecule has 1 aliphatic carbocycles. The average molecular weight is 322 g/mol. The van der Waals surface area contributed by atoms with Gasteiger partial charge in [0.2, 0.25) is 11.8 Å². The molecule has 1 saturated carbocycles. The Kier molecular flexibility index (Phi) is 5.89. The molecule has 0 aromatic heterocycles. The fraction of sp³-hybridized carbons (Fsp3) is 0.882. The summed E-state index contributed by atoms with van der Waals surface area (Å²) in [6.45, 7) is 6.30. The largest absolute Gasteiger partial charge is 0.352 e. The van der Waals surface area contributed by atoms with Crippen molar-refractivity contribution in [3.05, 3.63) is 0 Å². The molecule has 0 bridgehead atoms. The van der Waals surface area contributed by atoms with Crippen LogP contribution in [0.15, 0.2) is 0 Å². The van der Waals surface area contributed by atoms with Crippen molar-refractivity contribution >= 4 is 11.8 Å². The van der Waals surface area contributed by atoms with Crippen molar-refractivity contribution in [3.63, 3.8) is 0 Å². The molecule has 23 heavy (non-hydrogen) atoms. The lowest BCUT2D eigenvalue weighted by Gasteiger charge is -2.35. The van der Waals surface area contributed by atoms with Crippen LogP contribution in [0.1, 0.15) is 38.5 Å². The normalized spacial score (nSPS) is 24.3. The van der Waals surface area contributed by atoms with E-state index in [1.54, 1.807) is 0 Å². The summed E-state index contributed by atoms with van der Waals surface area (Å²) >= 11 is 0. The van der Waals surface area contributed by atoms with E-state index < -0.39 is 0 Å². The second-order valence-electron chi connectivity index (χ2n) is 7.19. The zero-order valence-corrected chi connectivity index (χ0v) is 14.1. The second-order valence-corrected chi connectivity index (χ2v) is 7.19. The van der Waals surface area contributed by atoms with Crippen LogP contribution in [0, 0.1) is 0 Å². The lowest BCUT2D eigenvalue weighted by Crippen LogP contribution is -2.53. The van der Waals surface area contributed by atoms with Crippen LogP contribution >= 0.6 is 0 Å². The lowest BCUT2D eigenvalue weighted by molar-refractivity contribution is -0.134. The Labute approximate surface area is 139 Å². The number of amides is 2. The van der Waals surface area contributed by atoms with Crippen LogP contribution in [-0.2, 0) is 9.59 Å². The lowest BCUT2D eigenvalue weighted by atomic mass is 10.2. The molecule has 2 heterocycles. The van der Waals surface area contributed by atoms with Crippen molar-refractivity contribution < 1.29 is 9.59 Å². The molecule has 2 amide bonds. The summed E-state index contributed by atoms with van der Waals surface area (Å²) in [5, 5.41) is 3.14. The fourth-order valence-corrected chi connectivity index (χ4v) is 3.93. The maximum Gasteiger partial charge on any atom is 0.236 e. The van der Waals surface area contributed by atoms with Gasteiger partial charge in [-0.2, -0.15) is 0 Å². The first kappa shape index (κ1) is 16.7. The summed E-state index contributed by atoms with van der Waals surface area (Å²) in [6.07, 6.45) is 7.18. The Morgan fingerprint density at radius 2 is 1.39 bits per heavy atom. The summed E-state index contributed by atoms with van der Waals surface area (Å²) in [5.41, 5.74) is 0. The van der Waals surface area contributed by atoms with E-state index in [1.165, 1.54) is 25.7 Å². The van der Waals surface area contributed by atoms with Gasteiger partial charge in [0.25, 0.3) is 0 Å². The van der Waals surface area contributed by atoms with Crippen LogP contribution in [0.25, 0.3) is 0 Å². The third-order valence-corrected chi connectivity index (χ3v) is 5.37. The van der Waals surface area contributed by atoms with Crippen LogP contribution in [-0.4, -0.2) is 84.9 Å². The summed E-state index contributed by atoms with van der Waals surface area (Å²) < 4.78 is 0. The number of carbonyl (C=O) groups excluding carboxylic acids is 2. The van der Waals surface area contributed by atoms with Gasteiger partial charge in [-0.05, 0) is 38.8 Å². The van der Waals surface area contributed by atoms with E-state index in [1.807, 2.05) is 4.90 Å². The minimum absolute atomic E-state index is 0.147. The maximum absolute atomic E-state index is 12.3. The SMILES string of the molecule is O=C(CN1CCN(C(=O)CN2CCCC2)CC1)NC1CCCC1. The molecule has 2 saturated heterocycles. The monoisotopic (exact) mass is 322 g/mol. The molecule has 0 unspecified atom stereocenters. The molecule has 1 N–H and O–H groups in total. The highest BCUT2D eigenvalue weighted by Crippen LogP contribution is 2.17. The van der Waals surface area contributed by atoms with E-state index in [4.69, 9.17) is 0 Å². The van der Waals surface area contributed by atoms with E-state index in [0.29, 0.717) is 19.1 Å². The van der Waals surface area contributed by atoms with Gasteiger partial charge in [-0.15, -0.1) is 0 Å². The van der Waals surface area contributed by atoms with E-state index in [-0.39, 0.29) is 11.8 Å². The molecule has 2 aliphatic heterocycles. The zero-order valence-electron chi connectivity index (χ0n) is 14.1. The molecular formula is C17H30N4O2. The molecule has 0 atom stereocenters. The van der Waals surface area contributed by atoms with Crippen LogP contribution in [0.5, 0.6) is 0 Å². The minimum atomic E-state index is 0.147. The Morgan fingerprint density at radius 3 is 2.04 bits per heavy atom.